The minimum atomic E-state index is 0.915. The van der Waals surface area contributed by atoms with Crippen molar-refractivity contribution in [2.45, 2.75) is 26.3 Å². The zero-order chi connectivity index (χ0) is 16.1. The third kappa shape index (κ3) is 4.40. The Morgan fingerprint density at radius 3 is 2.78 bits per heavy atom. The average Bonchev–Trinajstić information content (AvgIpc) is 2.98. The van der Waals surface area contributed by atoms with E-state index in [9.17, 15) is 0 Å². The number of nitrogens with zero attached hydrogens (tertiary/aromatic N) is 3. The Morgan fingerprint density at radius 2 is 2.04 bits per heavy atom. The number of para-hydroxylation sites is 1. The number of piperazine rings is 1. The predicted molar refractivity (Wildman–Crippen MR) is 102 cm³/mol. The van der Waals surface area contributed by atoms with E-state index >= 15 is 0 Å². The number of benzene rings is 1. The molecule has 2 heterocycles. The molecule has 1 aromatic carbocycles. The number of rotatable bonds is 5. The van der Waals surface area contributed by atoms with Gasteiger partial charge >= 0.3 is 0 Å². The van der Waals surface area contributed by atoms with E-state index in [1.165, 1.54) is 22.5 Å². The van der Waals surface area contributed by atoms with Crippen molar-refractivity contribution in [3.8, 4) is 0 Å². The molecule has 1 N–H and O–H groups in total. The molecule has 1 aliphatic rings. The van der Waals surface area contributed by atoms with Crippen molar-refractivity contribution in [2.24, 2.45) is 0 Å². The summed E-state index contributed by atoms with van der Waals surface area (Å²) >= 11 is 7.29. The van der Waals surface area contributed by atoms with E-state index in [0.29, 0.717) is 0 Å². The molecule has 4 nitrogen and oxygen atoms in total. The van der Waals surface area contributed by atoms with Crippen molar-refractivity contribution >= 4 is 38.9 Å². The fourth-order valence-electron chi connectivity index (χ4n) is 2.77. The maximum atomic E-state index is 5.49. The number of thiazole rings is 1. The maximum absolute atomic E-state index is 5.49. The molecular weight excluding hydrogens is 324 g/mol. The molecule has 1 fully saturated rings. The van der Waals surface area contributed by atoms with Gasteiger partial charge in [0.15, 0.2) is 5.11 Å². The zero-order valence-corrected chi connectivity index (χ0v) is 15.3. The highest BCUT2D eigenvalue weighted by Gasteiger charge is 2.19. The Morgan fingerprint density at radius 1 is 1.26 bits per heavy atom. The lowest BCUT2D eigenvalue weighted by molar-refractivity contribution is 0.174. The predicted octanol–water partition coefficient (Wildman–Crippen LogP) is 3.09. The quantitative estimate of drug-likeness (QED) is 0.663. The van der Waals surface area contributed by atoms with Crippen LogP contribution in [0.3, 0.4) is 0 Å². The number of fused-ring (bicyclic) bond motifs is 1. The van der Waals surface area contributed by atoms with Crippen LogP contribution >= 0.6 is 23.6 Å². The van der Waals surface area contributed by atoms with Crippen molar-refractivity contribution in [2.75, 3.05) is 32.7 Å². The summed E-state index contributed by atoms with van der Waals surface area (Å²) in [6.07, 6.45) is 2.38. The molecule has 0 atom stereocenters. The van der Waals surface area contributed by atoms with Crippen molar-refractivity contribution in [3.63, 3.8) is 0 Å². The van der Waals surface area contributed by atoms with Gasteiger partial charge in [0, 0.05) is 32.7 Å². The molecule has 3 rings (SSSR count). The summed E-state index contributed by atoms with van der Waals surface area (Å²) in [6.45, 7) is 8.23. The number of aromatic nitrogens is 1. The molecule has 0 bridgehead atoms. The minimum Gasteiger partial charge on any atom is -0.363 e. The summed E-state index contributed by atoms with van der Waals surface area (Å²) < 4.78 is 1.28. The number of unbranched alkanes of at least 4 members (excludes halogenated alkanes) is 1. The van der Waals surface area contributed by atoms with Crippen molar-refractivity contribution < 1.29 is 0 Å². The van der Waals surface area contributed by atoms with Gasteiger partial charge in [0.05, 0.1) is 16.8 Å². The van der Waals surface area contributed by atoms with E-state index in [-0.39, 0.29) is 0 Å². The molecule has 2 aromatic rings. The van der Waals surface area contributed by atoms with Crippen LogP contribution in [0, 0.1) is 0 Å². The molecule has 0 aliphatic carbocycles. The molecule has 23 heavy (non-hydrogen) atoms. The van der Waals surface area contributed by atoms with Gasteiger partial charge in [-0.1, -0.05) is 25.5 Å². The van der Waals surface area contributed by atoms with E-state index in [0.717, 1.165) is 49.9 Å². The van der Waals surface area contributed by atoms with Gasteiger partial charge in [0.2, 0.25) is 0 Å². The molecule has 0 unspecified atom stereocenters. The monoisotopic (exact) mass is 348 g/mol. The van der Waals surface area contributed by atoms with E-state index < -0.39 is 0 Å². The lowest BCUT2D eigenvalue weighted by atomic mass is 10.3. The van der Waals surface area contributed by atoms with Crippen LogP contribution in [0.4, 0.5) is 0 Å². The molecule has 1 saturated heterocycles. The molecular formula is C17H24N4S2. The van der Waals surface area contributed by atoms with Gasteiger partial charge < -0.3 is 10.2 Å². The summed E-state index contributed by atoms with van der Waals surface area (Å²) in [5, 5.41) is 5.49. The Balaban J connectivity index is 1.48. The van der Waals surface area contributed by atoms with Crippen LogP contribution in [0.2, 0.25) is 0 Å². The zero-order valence-electron chi connectivity index (χ0n) is 13.6. The van der Waals surface area contributed by atoms with Crippen molar-refractivity contribution in [3.05, 3.63) is 29.3 Å². The van der Waals surface area contributed by atoms with Gasteiger partial charge in [-0.25, -0.2) is 4.98 Å². The first-order valence-electron chi connectivity index (χ1n) is 8.36. The largest absolute Gasteiger partial charge is 0.363 e. The highest BCUT2D eigenvalue weighted by Crippen LogP contribution is 2.22. The minimum absolute atomic E-state index is 0.915. The smallest absolute Gasteiger partial charge is 0.169 e. The number of hydrogen-bond acceptors (Lipinski definition) is 4. The van der Waals surface area contributed by atoms with Crippen LogP contribution in [0.15, 0.2) is 24.3 Å². The Labute approximate surface area is 147 Å². The summed E-state index contributed by atoms with van der Waals surface area (Å²) in [4.78, 5) is 9.50. The second-order valence-electron chi connectivity index (χ2n) is 5.92. The third-order valence-electron chi connectivity index (χ3n) is 4.16. The summed E-state index contributed by atoms with van der Waals surface area (Å²) in [5.41, 5.74) is 1.12. The third-order valence-corrected chi connectivity index (χ3v) is 5.59. The molecule has 0 saturated carbocycles. The molecule has 6 heteroatoms. The lowest BCUT2D eigenvalue weighted by Crippen LogP contribution is -2.51. The molecule has 124 valence electrons. The van der Waals surface area contributed by atoms with Gasteiger partial charge in [0.1, 0.15) is 5.01 Å². The highest BCUT2D eigenvalue weighted by atomic mass is 32.1. The Bertz CT molecular complexity index is 614. The van der Waals surface area contributed by atoms with Crippen LogP contribution in [0.5, 0.6) is 0 Å². The van der Waals surface area contributed by atoms with E-state index in [2.05, 4.69) is 46.3 Å². The summed E-state index contributed by atoms with van der Waals surface area (Å²) in [7, 11) is 0. The standard InChI is InChI=1S/C17H24N4S2/c1-2-3-8-18-17(22)21-11-9-20(10-12-21)13-16-19-14-6-4-5-7-15(14)23-16/h4-7H,2-3,8-13H2,1H3,(H,18,22). The summed E-state index contributed by atoms with van der Waals surface area (Å²) in [5.74, 6) is 0. The molecule has 0 spiro atoms. The van der Waals surface area contributed by atoms with Gasteiger partial charge in [-0.3, -0.25) is 4.90 Å². The van der Waals surface area contributed by atoms with Gasteiger partial charge in [-0.05, 0) is 30.8 Å². The van der Waals surface area contributed by atoms with Crippen LogP contribution in [0.25, 0.3) is 10.2 Å². The number of hydrogen-bond donors (Lipinski definition) is 1. The molecule has 0 amide bonds. The fraction of sp³-hybridized carbons (Fsp3) is 0.529. The van der Waals surface area contributed by atoms with Gasteiger partial charge in [-0.2, -0.15) is 0 Å². The van der Waals surface area contributed by atoms with E-state index in [1.54, 1.807) is 0 Å². The van der Waals surface area contributed by atoms with Gasteiger partial charge in [-0.15, -0.1) is 11.3 Å². The van der Waals surface area contributed by atoms with Crippen LogP contribution in [-0.2, 0) is 6.54 Å². The molecule has 1 aliphatic heterocycles. The first-order chi connectivity index (χ1) is 11.3. The van der Waals surface area contributed by atoms with Crippen molar-refractivity contribution in [1.29, 1.82) is 0 Å². The first kappa shape index (κ1) is 16.6. The first-order valence-corrected chi connectivity index (χ1v) is 9.58. The number of thiocarbonyl (C=S) groups is 1. The average molecular weight is 349 g/mol. The molecule has 0 radical (unpaired) electrons. The Hall–Kier alpha value is -1.24. The van der Waals surface area contributed by atoms with Crippen LogP contribution < -0.4 is 5.32 Å². The van der Waals surface area contributed by atoms with Crippen LogP contribution in [-0.4, -0.2) is 52.6 Å². The van der Waals surface area contributed by atoms with Crippen LogP contribution in [0.1, 0.15) is 24.8 Å². The fourth-order valence-corrected chi connectivity index (χ4v) is 4.07. The highest BCUT2D eigenvalue weighted by molar-refractivity contribution is 7.80. The topological polar surface area (TPSA) is 31.4 Å². The number of nitrogens with one attached hydrogen (secondary N) is 1. The normalized spacial score (nSPS) is 16.0. The second-order valence-corrected chi connectivity index (χ2v) is 7.43. The Kier molecular flexibility index (Phi) is 5.80. The van der Waals surface area contributed by atoms with Crippen molar-refractivity contribution in [1.82, 2.24) is 20.1 Å². The molecule has 1 aromatic heterocycles. The van der Waals surface area contributed by atoms with Gasteiger partial charge in [0.25, 0.3) is 0 Å². The second kappa shape index (κ2) is 8.04. The lowest BCUT2D eigenvalue weighted by Gasteiger charge is -2.35. The summed E-state index contributed by atoms with van der Waals surface area (Å²) in [6, 6.07) is 8.37. The van der Waals surface area contributed by atoms with E-state index in [1.807, 2.05) is 11.3 Å². The maximum Gasteiger partial charge on any atom is 0.169 e. The SMILES string of the molecule is CCCCNC(=S)N1CCN(Cc2nc3ccccc3s2)CC1. The van der Waals surface area contributed by atoms with E-state index in [4.69, 9.17) is 17.2 Å².